The number of rotatable bonds is 1. The minimum absolute atomic E-state index is 0.861. The van der Waals surface area contributed by atoms with E-state index in [2.05, 4.69) is 58.5 Å². The summed E-state index contributed by atoms with van der Waals surface area (Å²) >= 11 is 0. The van der Waals surface area contributed by atoms with Gasteiger partial charge in [0.15, 0.2) is 0 Å². The van der Waals surface area contributed by atoms with Crippen LogP contribution in [0, 0.1) is 0 Å². The number of nitrogens with zero attached hydrogens (tertiary/aromatic N) is 2. The van der Waals surface area contributed by atoms with Gasteiger partial charge >= 0.3 is 0 Å². The predicted octanol–water partition coefficient (Wildman–Crippen LogP) is 4.71. The van der Waals surface area contributed by atoms with E-state index in [0.29, 0.717) is 0 Å². The van der Waals surface area contributed by atoms with E-state index in [1.807, 2.05) is 18.3 Å². The molecular formula is C21H15N3. The van der Waals surface area contributed by atoms with Gasteiger partial charge in [-0.2, -0.15) is 0 Å². The quantitative estimate of drug-likeness (QED) is 0.487. The Hall–Kier alpha value is -3.20. The molecule has 5 rings (SSSR count). The lowest BCUT2D eigenvalue weighted by Gasteiger charge is -2.06. The molecule has 0 radical (unpaired) electrons. The Morgan fingerprint density at radius 2 is 1.54 bits per heavy atom. The maximum absolute atomic E-state index is 4.93. The van der Waals surface area contributed by atoms with Crippen LogP contribution in [-0.4, -0.2) is 15.0 Å². The molecule has 0 spiro atoms. The van der Waals surface area contributed by atoms with Gasteiger partial charge in [0.1, 0.15) is 5.82 Å². The first-order chi connectivity index (χ1) is 11.9. The molecule has 2 aromatic heterocycles. The van der Waals surface area contributed by atoms with Gasteiger partial charge in [-0.15, -0.1) is 0 Å². The van der Waals surface area contributed by atoms with Gasteiger partial charge in [-0.05, 0) is 29.7 Å². The molecule has 0 atom stereocenters. The highest BCUT2D eigenvalue weighted by Crippen LogP contribution is 2.40. The fourth-order valence-corrected chi connectivity index (χ4v) is 3.43. The fraction of sp³-hybridized carbons (Fsp3) is 0.0476. The molecule has 0 saturated heterocycles. The van der Waals surface area contributed by atoms with Crippen LogP contribution in [0.4, 0.5) is 0 Å². The van der Waals surface area contributed by atoms with Crippen LogP contribution in [0.1, 0.15) is 11.1 Å². The number of hydrogen-bond acceptors (Lipinski definition) is 2. The summed E-state index contributed by atoms with van der Waals surface area (Å²) in [5.74, 6) is 0.861. The lowest BCUT2D eigenvalue weighted by molar-refractivity contribution is 1.19. The second-order valence-electron chi connectivity index (χ2n) is 6.04. The van der Waals surface area contributed by atoms with Gasteiger partial charge in [-0.25, -0.2) is 4.98 Å². The first-order valence-corrected chi connectivity index (χ1v) is 8.07. The van der Waals surface area contributed by atoms with Gasteiger partial charge < -0.3 is 4.98 Å². The lowest BCUT2D eigenvalue weighted by Crippen LogP contribution is -1.91. The normalized spacial score (nSPS) is 12.0. The van der Waals surface area contributed by atoms with Crippen molar-refractivity contribution in [3.63, 3.8) is 0 Å². The molecule has 1 aliphatic carbocycles. The summed E-state index contributed by atoms with van der Waals surface area (Å²) < 4.78 is 0. The molecule has 2 aromatic carbocycles. The van der Waals surface area contributed by atoms with Crippen molar-refractivity contribution in [3.8, 4) is 33.9 Å². The van der Waals surface area contributed by atoms with E-state index in [-0.39, 0.29) is 0 Å². The van der Waals surface area contributed by atoms with Crippen LogP contribution in [0.2, 0.25) is 0 Å². The van der Waals surface area contributed by atoms with Gasteiger partial charge in [0.05, 0.1) is 11.4 Å². The average Bonchev–Trinajstić information content (AvgIpc) is 3.03. The van der Waals surface area contributed by atoms with Crippen molar-refractivity contribution >= 4 is 0 Å². The molecule has 24 heavy (non-hydrogen) atoms. The summed E-state index contributed by atoms with van der Waals surface area (Å²) in [6, 6.07) is 21.1. The van der Waals surface area contributed by atoms with E-state index in [1.54, 1.807) is 6.20 Å². The second-order valence-corrected chi connectivity index (χ2v) is 6.04. The third-order valence-corrected chi connectivity index (χ3v) is 4.58. The highest BCUT2D eigenvalue weighted by Gasteiger charge is 2.22. The highest BCUT2D eigenvalue weighted by atomic mass is 14.9. The minimum atomic E-state index is 0.861. The first kappa shape index (κ1) is 13.3. The maximum atomic E-state index is 4.93. The van der Waals surface area contributed by atoms with E-state index in [9.17, 15) is 0 Å². The molecule has 2 heterocycles. The molecule has 0 fully saturated rings. The molecule has 0 unspecified atom stereocenters. The standard InChI is InChI=1S/C21H15N3/c1-3-9-17-14(6-1)12-15-7-2-4-10-18(15)20-19(17)23-21(24-20)16-8-5-11-22-13-16/h1-11,13H,12H2,(H,23,24). The maximum Gasteiger partial charge on any atom is 0.140 e. The van der Waals surface area contributed by atoms with Crippen LogP contribution in [0.3, 0.4) is 0 Å². The summed E-state index contributed by atoms with van der Waals surface area (Å²) in [5, 5.41) is 0. The number of benzene rings is 2. The van der Waals surface area contributed by atoms with Gasteiger partial charge in [0, 0.05) is 29.1 Å². The average molecular weight is 309 g/mol. The number of pyridine rings is 1. The molecule has 0 bridgehead atoms. The largest absolute Gasteiger partial charge is 0.337 e. The molecule has 3 heteroatoms. The summed E-state index contributed by atoms with van der Waals surface area (Å²) in [6.07, 6.45) is 4.55. The van der Waals surface area contributed by atoms with Gasteiger partial charge in [0.2, 0.25) is 0 Å². The van der Waals surface area contributed by atoms with Crippen LogP contribution < -0.4 is 0 Å². The van der Waals surface area contributed by atoms with Crippen LogP contribution in [0.25, 0.3) is 33.9 Å². The number of imidazole rings is 1. The lowest BCUT2D eigenvalue weighted by atomic mass is 10.00. The van der Waals surface area contributed by atoms with Gasteiger partial charge in [-0.1, -0.05) is 48.5 Å². The summed E-state index contributed by atoms with van der Waals surface area (Å²) in [6.45, 7) is 0. The molecule has 0 amide bonds. The molecule has 0 aliphatic heterocycles. The Balaban J connectivity index is 1.82. The topological polar surface area (TPSA) is 41.6 Å². The Labute approximate surface area is 140 Å². The van der Waals surface area contributed by atoms with Crippen molar-refractivity contribution < 1.29 is 0 Å². The van der Waals surface area contributed by atoms with E-state index in [1.165, 1.54) is 22.3 Å². The monoisotopic (exact) mass is 309 g/mol. The Bertz CT molecular complexity index is 969. The molecular weight excluding hydrogens is 294 g/mol. The Morgan fingerprint density at radius 3 is 2.33 bits per heavy atom. The molecule has 1 aliphatic rings. The molecule has 114 valence electrons. The number of aromatic amines is 1. The molecule has 4 aromatic rings. The first-order valence-electron chi connectivity index (χ1n) is 8.07. The van der Waals surface area contributed by atoms with Crippen LogP contribution >= 0.6 is 0 Å². The number of hydrogen-bond donors (Lipinski definition) is 1. The Morgan fingerprint density at radius 1 is 0.792 bits per heavy atom. The minimum Gasteiger partial charge on any atom is -0.337 e. The van der Waals surface area contributed by atoms with E-state index in [4.69, 9.17) is 4.98 Å². The SMILES string of the molecule is c1cncc(-c2nc3c([nH]2)-c2ccccc2Cc2ccccc2-3)c1. The number of aromatic nitrogens is 3. The number of fused-ring (bicyclic) bond motifs is 5. The zero-order valence-electron chi connectivity index (χ0n) is 13.0. The third-order valence-electron chi connectivity index (χ3n) is 4.58. The second kappa shape index (κ2) is 5.17. The number of H-pyrrole nitrogens is 1. The zero-order valence-corrected chi connectivity index (χ0v) is 13.0. The summed E-state index contributed by atoms with van der Waals surface area (Å²) in [7, 11) is 0. The highest BCUT2D eigenvalue weighted by molar-refractivity contribution is 5.86. The van der Waals surface area contributed by atoms with E-state index in [0.717, 1.165) is 29.2 Å². The van der Waals surface area contributed by atoms with Crippen molar-refractivity contribution in [2.24, 2.45) is 0 Å². The van der Waals surface area contributed by atoms with Gasteiger partial charge in [0.25, 0.3) is 0 Å². The summed E-state index contributed by atoms with van der Waals surface area (Å²) in [5.41, 5.74) is 8.18. The summed E-state index contributed by atoms with van der Waals surface area (Å²) in [4.78, 5) is 12.7. The molecule has 1 N–H and O–H groups in total. The van der Waals surface area contributed by atoms with Gasteiger partial charge in [-0.3, -0.25) is 4.98 Å². The van der Waals surface area contributed by atoms with Crippen molar-refractivity contribution in [1.82, 2.24) is 15.0 Å². The van der Waals surface area contributed by atoms with E-state index < -0.39 is 0 Å². The van der Waals surface area contributed by atoms with Crippen LogP contribution in [-0.2, 0) is 6.42 Å². The van der Waals surface area contributed by atoms with Crippen molar-refractivity contribution in [3.05, 3.63) is 84.2 Å². The number of nitrogens with one attached hydrogen (secondary N) is 1. The Kier molecular flexibility index (Phi) is 2.85. The van der Waals surface area contributed by atoms with Crippen LogP contribution in [0.15, 0.2) is 73.1 Å². The van der Waals surface area contributed by atoms with Crippen molar-refractivity contribution in [2.75, 3.05) is 0 Å². The van der Waals surface area contributed by atoms with Crippen molar-refractivity contribution in [2.45, 2.75) is 6.42 Å². The zero-order chi connectivity index (χ0) is 15.9. The smallest absolute Gasteiger partial charge is 0.140 e. The van der Waals surface area contributed by atoms with Crippen LogP contribution in [0.5, 0.6) is 0 Å². The van der Waals surface area contributed by atoms with Crippen molar-refractivity contribution in [1.29, 1.82) is 0 Å². The van der Waals surface area contributed by atoms with E-state index >= 15 is 0 Å². The molecule has 0 saturated carbocycles. The third kappa shape index (κ3) is 1.98. The predicted molar refractivity (Wildman–Crippen MR) is 95.5 cm³/mol. The molecule has 3 nitrogen and oxygen atoms in total. The fourth-order valence-electron chi connectivity index (χ4n) is 3.43.